The van der Waals surface area contributed by atoms with Crippen LogP contribution in [0, 0.1) is 5.92 Å². The van der Waals surface area contributed by atoms with Crippen molar-refractivity contribution in [2.45, 2.75) is 19.3 Å². The van der Waals surface area contributed by atoms with Gasteiger partial charge in [-0.25, -0.2) is 4.79 Å². The van der Waals surface area contributed by atoms with E-state index >= 15 is 0 Å². The fourth-order valence-corrected chi connectivity index (χ4v) is 2.05. The average Bonchev–Trinajstić information content (AvgIpc) is 2.26. The summed E-state index contributed by atoms with van der Waals surface area (Å²) in [5.74, 6) is 0.0613. The highest BCUT2D eigenvalue weighted by Crippen LogP contribution is 2.20. The Morgan fingerprint density at radius 3 is 2.47 bits per heavy atom. The number of amides is 3. The number of likely N-dealkylation sites (tertiary alicyclic amines) is 1. The largest absolute Gasteiger partial charge is 0.370 e. The monoisotopic (exact) mass is 303 g/mol. The summed E-state index contributed by atoms with van der Waals surface area (Å²) in [4.78, 5) is 24.2. The van der Waals surface area contributed by atoms with Crippen LogP contribution in [0.5, 0.6) is 0 Å². The molecule has 3 amide bonds. The lowest BCUT2D eigenvalue weighted by Crippen LogP contribution is -2.45. The predicted octanol–water partition coefficient (Wildman–Crippen LogP) is 1.19. The normalized spacial score (nSPS) is 16.6. The van der Waals surface area contributed by atoms with Crippen molar-refractivity contribution in [3.05, 3.63) is 11.1 Å². The number of halogens is 1. The first-order chi connectivity index (χ1) is 7.99. The van der Waals surface area contributed by atoms with Crippen LogP contribution in [0.15, 0.2) is 11.1 Å². The van der Waals surface area contributed by atoms with Gasteiger partial charge in [0, 0.05) is 24.0 Å². The van der Waals surface area contributed by atoms with Gasteiger partial charge in [0.25, 0.3) is 0 Å². The molecule has 0 aromatic rings. The molecule has 1 saturated heterocycles. The zero-order chi connectivity index (χ0) is 12.8. The van der Waals surface area contributed by atoms with Crippen LogP contribution >= 0.6 is 15.9 Å². The second-order valence-corrected chi connectivity index (χ2v) is 5.40. The van der Waals surface area contributed by atoms with Crippen molar-refractivity contribution in [2.24, 2.45) is 11.7 Å². The summed E-state index contributed by atoms with van der Waals surface area (Å²) in [6, 6.07) is -0.0804. The first-order valence-electron chi connectivity index (χ1n) is 5.63. The van der Waals surface area contributed by atoms with Crippen LogP contribution in [0.4, 0.5) is 4.79 Å². The third kappa shape index (κ3) is 5.21. The number of urea groups is 1. The maximum atomic E-state index is 11.7. The maximum absolute atomic E-state index is 11.7. The summed E-state index contributed by atoms with van der Waals surface area (Å²) in [6.07, 6.45) is 2.10. The highest BCUT2D eigenvalue weighted by molar-refractivity contribution is 9.11. The van der Waals surface area contributed by atoms with Gasteiger partial charge in [-0.2, -0.15) is 0 Å². The molecule has 0 unspecified atom stereocenters. The number of hydrogen-bond acceptors (Lipinski definition) is 2. The zero-order valence-electron chi connectivity index (χ0n) is 9.75. The third-order valence-electron chi connectivity index (χ3n) is 2.82. The van der Waals surface area contributed by atoms with E-state index in [9.17, 15) is 9.59 Å². The molecule has 0 atom stereocenters. The number of nitrogens with one attached hydrogen (secondary N) is 1. The second-order valence-electron chi connectivity index (χ2n) is 4.28. The minimum atomic E-state index is -0.261. The lowest BCUT2D eigenvalue weighted by molar-refractivity contribution is -0.119. The predicted molar refractivity (Wildman–Crippen MR) is 69.6 cm³/mol. The number of nitrogens with zero attached hydrogens (tertiary/aromatic N) is 1. The summed E-state index contributed by atoms with van der Waals surface area (Å²) in [5, 5.41) is 2.76. The number of carbonyl (C=O) groups is 2. The van der Waals surface area contributed by atoms with Gasteiger partial charge in [-0.15, -0.1) is 0 Å². The average molecular weight is 304 g/mol. The van der Waals surface area contributed by atoms with E-state index in [4.69, 9.17) is 5.73 Å². The number of piperidine rings is 1. The Kier molecular flexibility index (Phi) is 5.47. The molecule has 1 aliphatic heterocycles. The molecule has 0 aromatic carbocycles. The Hall–Kier alpha value is -1.04. The van der Waals surface area contributed by atoms with E-state index < -0.39 is 0 Å². The van der Waals surface area contributed by atoms with Crippen molar-refractivity contribution in [1.29, 1.82) is 0 Å². The van der Waals surface area contributed by atoms with E-state index in [2.05, 4.69) is 27.8 Å². The SMILES string of the molecule is C=C(Br)CNC(=O)N1CCC(CC(N)=O)CC1. The van der Waals surface area contributed by atoms with Gasteiger partial charge in [0.2, 0.25) is 5.91 Å². The van der Waals surface area contributed by atoms with Crippen LogP contribution in [0.25, 0.3) is 0 Å². The van der Waals surface area contributed by atoms with Crippen LogP contribution in [-0.4, -0.2) is 36.5 Å². The summed E-state index contributed by atoms with van der Waals surface area (Å²) in [5.41, 5.74) is 5.15. The molecule has 5 nitrogen and oxygen atoms in total. The van der Waals surface area contributed by atoms with E-state index in [-0.39, 0.29) is 11.9 Å². The number of primary amides is 1. The van der Waals surface area contributed by atoms with Crippen LogP contribution in [0.1, 0.15) is 19.3 Å². The molecular formula is C11H18BrN3O2. The first kappa shape index (κ1) is 14.0. The summed E-state index contributed by atoms with van der Waals surface area (Å²) in [7, 11) is 0. The molecule has 3 N–H and O–H groups in total. The van der Waals surface area contributed by atoms with Crippen molar-refractivity contribution < 1.29 is 9.59 Å². The molecular weight excluding hydrogens is 286 g/mol. The van der Waals surface area contributed by atoms with Crippen molar-refractivity contribution in [3.8, 4) is 0 Å². The molecule has 0 radical (unpaired) electrons. The van der Waals surface area contributed by atoms with Gasteiger partial charge in [-0.1, -0.05) is 22.5 Å². The van der Waals surface area contributed by atoms with Crippen molar-refractivity contribution in [1.82, 2.24) is 10.2 Å². The molecule has 1 fully saturated rings. The molecule has 0 bridgehead atoms. The van der Waals surface area contributed by atoms with Crippen LogP contribution < -0.4 is 11.1 Å². The minimum absolute atomic E-state index is 0.0804. The fourth-order valence-electron chi connectivity index (χ4n) is 1.91. The van der Waals surface area contributed by atoms with Crippen LogP contribution in [0.3, 0.4) is 0 Å². The maximum Gasteiger partial charge on any atom is 0.317 e. The molecule has 17 heavy (non-hydrogen) atoms. The Bertz CT molecular complexity index is 312. The molecule has 0 saturated carbocycles. The first-order valence-corrected chi connectivity index (χ1v) is 6.42. The number of rotatable bonds is 4. The molecule has 1 heterocycles. The van der Waals surface area contributed by atoms with Crippen LogP contribution in [-0.2, 0) is 4.79 Å². The number of hydrogen-bond donors (Lipinski definition) is 2. The Balaban J connectivity index is 2.28. The van der Waals surface area contributed by atoms with Crippen molar-refractivity contribution in [2.75, 3.05) is 19.6 Å². The molecule has 6 heteroatoms. The quantitative estimate of drug-likeness (QED) is 0.818. The highest BCUT2D eigenvalue weighted by atomic mass is 79.9. The Labute approximate surface area is 110 Å². The lowest BCUT2D eigenvalue weighted by atomic mass is 9.93. The zero-order valence-corrected chi connectivity index (χ0v) is 11.3. The van der Waals surface area contributed by atoms with Gasteiger partial charge in [0.15, 0.2) is 0 Å². The van der Waals surface area contributed by atoms with Gasteiger partial charge in [0.1, 0.15) is 0 Å². The van der Waals surface area contributed by atoms with E-state index in [1.54, 1.807) is 4.90 Å². The minimum Gasteiger partial charge on any atom is -0.370 e. The number of carbonyl (C=O) groups excluding carboxylic acids is 2. The molecule has 1 rings (SSSR count). The Morgan fingerprint density at radius 2 is 2.00 bits per heavy atom. The van der Waals surface area contributed by atoms with E-state index in [0.717, 1.165) is 17.3 Å². The van der Waals surface area contributed by atoms with Gasteiger partial charge in [-0.3, -0.25) is 4.79 Å². The topological polar surface area (TPSA) is 75.4 Å². The van der Waals surface area contributed by atoms with Crippen molar-refractivity contribution in [3.63, 3.8) is 0 Å². The standard InChI is InChI=1S/C11H18BrN3O2/c1-8(12)7-14-11(17)15-4-2-9(3-5-15)6-10(13)16/h9H,1-7H2,(H2,13,16)(H,14,17). The molecule has 1 aliphatic rings. The van der Waals surface area contributed by atoms with E-state index in [1.165, 1.54) is 0 Å². The smallest absolute Gasteiger partial charge is 0.317 e. The van der Waals surface area contributed by atoms with Gasteiger partial charge >= 0.3 is 6.03 Å². The lowest BCUT2D eigenvalue weighted by Gasteiger charge is -2.31. The van der Waals surface area contributed by atoms with Crippen molar-refractivity contribution >= 4 is 27.9 Å². The van der Waals surface area contributed by atoms with Gasteiger partial charge in [-0.05, 0) is 18.8 Å². The van der Waals surface area contributed by atoms with E-state index in [0.29, 0.717) is 32.0 Å². The fraction of sp³-hybridized carbons (Fsp3) is 0.636. The summed E-state index contributed by atoms with van der Waals surface area (Å²) < 4.78 is 0.745. The summed E-state index contributed by atoms with van der Waals surface area (Å²) >= 11 is 3.18. The molecule has 96 valence electrons. The Morgan fingerprint density at radius 1 is 1.41 bits per heavy atom. The molecule has 0 spiro atoms. The van der Waals surface area contributed by atoms with Gasteiger partial charge in [0.05, 0.1) is 6.54 Å². The third-order valence-corrected chi connectivity index (χ3v) is 3.10. The van der Waals surface area contributed by atoms with Crippen LogP contribution in [0.2, 0.25) is 0 Å². The second kappa shape index (κ2) is 6.64. The number of nitrogens with two attached hydrogens (primary N) is 1. The summed E-state index contributed by atoms with van der Waals surface area (Å²) in [6.45, 7) is 5.44. The van der Waals surface area contributed by atoms with E-state index in [1.807, 2.05) is 0 Å². The highest BCUT2D eigenvalue weighted by Gasteiger charge is 2.23. The molecule has 0 aromatic heterocycles. The van der Waals surface area contributed by atoms with Gasteiger partial charge < -0.3 is 16.0 Å². The molecule has 0 aliphatic carbocycles.